The molecule has 0 aliphatic heterocycles. The summed E-state index contributed by atoms with van der Waals surface area (Å²) < 4.78 is 10.8. The molecule has 1 aliphatic rings. The Morgan fingerprint density at radius 3 is 2.42 bits per heavy atom. The van der Waals surface area contributed by atoms with Crippen molar-refractivity contribution in [2.45, 2.75) is 26.2 Å². The van der Waals surface area contributed by atoms with E-state index in [9.17, 15) is 9.59 Å². The van der Waals surface area contributed by atoms with Crippen LogP contribution in [0.3, 0.4) is 0 Å². The van der Waals surface area contributed by atoms with Gasteiger partial charge < -0.3 is 9.47 Å². The van der Waals surface area contributed by atoms with Gasteiger partial charge in [-0.1, -0.05) is 6.07 Å². The zero-order valence-corrected chi connectivity index (χ0v) is 14.7. The fraction of sp³-hybridized carbons (Fsp3) is 0.300. The highest BCUT2D eigenvalue weighted by molar-refractivity contribution is 5.95. The minimum absolute atomic E-state index is 0.164. The van der Waals surface area contributed by atoms with Crippen molar-refractivity contribution >= 4 is 11.8 Å². The van der Waals surface area contributed by atoms with Crippen molar-refractivity contribution in [1.29, 1.82) is 0 Å². The number of hydrazine groups is 1. The average molecular weight is 354 g/mol. The van der Waals surface area contributed by atoms with Crippen molar-refractivity contribution in [1.82, 2.24) is 10.9 Å². The van der Waals surface area contributed by atoms with E-state index in [0.29, 0.717) is 23.7 Å². The first-order chi connectivity index (χ1) is 12.7. The summed E-state index contributed by atoms with van der Waals surface area (Å²) in [6.45, 7) is 2.29. The summed E-state index contributed by atoms with van der Waals surface area (Å²) in [5, 5.41) is 0. The Hall–Kier alpha value is -3.02. The molecule has 1 aliphatic carbocycles. The number of rotatable bonds is 6. The first kappa shape index (κ1) is 17.8. The molecule has 2 aromatic rings. The molecule has 0 saturated carbocycles. The lowest BCUT2D eigenvalue weighted by Gasteiger charge is -2.10. The quantitative estimate of drug-likeness (QED) is 0.781. The molecule has 26 heavy (non-hydrogen) atoms. The third kappa shape index (κ3) is 4.53. The summed E-state index contributed by atoms with van der Waals surface area (Å²) in [7, 11) is 0. The number of carbonyl (C=O) groups is 2. The molecule has 0 saturated heterocycles. The zero-order chi connectivity index (χ0) is 18.4. The van der Waals surface area contributed by atoms with Crippen LogP contribution < -0.4 is 20.3 Å². The van der Waals surface area contributed by atoms with Crippen molar-refractivity contribution in [2.24, 2.45) is 0 Å². The molecule has 2 aromatic carbocycles. The largest absolute Gasteiger partial charge is 0.494 e. The third-order valence-electron chi connectivity index (χ3n) is 4.18. The van der Waals surface area contributed by atoms with E-state index < -0.39 is 11.8 Å². The standard InChI is InChI=1S/C20H22N2O4/c1-2-25-17-9-7-15(8-10-17)20(24)22-21-19(23)13-26-18-11-6-14-4-3-5-16(14)12-18/h6-12H,2-5,13H2,1H3,(H,21,23)(H,22,24). The van der Waals surface area contributed by atoms with Crippen LogP contribution in [0.2, 0.25) is 0 Å². The predicted molar refractivity (Wildman–Crippen MR) is 97.2 cm³/mol. The number of hydrogen-bond donors (Lipinski definition) is 2. The fourth-order valence-electron chi connectivity index (χ4n) is 2.89. The molecule has 0 bridgehead atoms. The van der Waals surface area contributed by atoms with Gasteiger partial charge in [-0.05, 0) is 73.7 Å². The second-order valence-electron chi connectivity index (χ2n) is 6.03. The number of fused-ring (bicyclic) bond motifs is 1. The van der Waals surface area contributed by atoms with Crippen molar-refractivity contribution in [3.05, 3.63) is 59.2 Å². The molecule has 2 N–H and O–H groups in total. The molecular weight excluding hydrogens is 332 g/mol. The van der Waals surface area contributed by atoms with Gasteiger partial charge in [0.05, 0.1) is 6.61 Å². The Bertz CT molecular complexity index is 787. The lowest BCUT2D eigenvalue weighted by atomic mass is 10.1. The monoisotopic (exact) mass is 354 g/mol. The summed E-state index contributed by atoms with van der Waals surface area (Å²) >= 11 is 0. The molecule has 0 atom stereocenters. The van der Waals surface area contributed by atoms with E-state index in [2.05, 4.69) is 10.9 Å². The highest BCUT2D eigenvalue weighted by atomic mass is 16.5. The maximum Gasteiger partial charge on any atom is 0.276 e. The third-order valence-corrected chi connectivity index (χ3v) is 4.18. The summed E-state index contributed by atoms with van der Waals surface area (Å²) in [6, 6.07) is 12.6. The number of nitrogens with one attached hydrogen (secondary N) is 2. The van der Waals surface area contributed by atoms with E-state index in [1.54, 1.807) is 24.3 Å². The molecule has 0 spiro atoms. The Kier molecular flexibility index (Phi) is 5.73. The molecule has 2 amide bonds. The van der Waals surface area contributed by atoms with Crippen molar-refractivity contribution in [3.63, 3.8) is 0 Å². The summed E-state index contributed by atoms with van der Waals surface area (Å²) in [5.41, 5.74) is 7.78. The van der Waals surface area contributed by atoms with E-state index in [1.807, 2.05) is 25.1 Å². The molecule has 0 heterocycles. The molecule has 0 fully saturated rings. The Morgan fingerprint density at radius 2 is 1.65 bits per heavy atom. The zero-order valence-electron chi connectivity index (χ0n) is 14.7. The molecule has 0 radical (unpaired) electrons. The minimum atomic E-state index is -0.426. The van der Waals surface area contributed by atoms with Gasteiger partial charge in [0, 0.05) is 5.56 Å². The molecule has 0 aromatic heterocycles. The van der Waals surface area contributed by atoms with Crippen LogP contribution in [0.1, 0.15) is 34.8 Å². The van der Waals surface area contributed by atoms with Gasteiger partial charge >= 0.3 is 0 Å². The SMILES string of the molecule is CCOc1ccc(C(=O)NNC(=O)COc2ccc3c(c2)CCC3)cc1. The Morgan fingerprint density at radius 1 is 0.923 bits per heavy atom. The van der Waals surface area contributed by atoms with E-state index in [1.165, 1.54) is 11.1 Å². The number of ether oxygens (including phenoxy) is 2. The van der Waals surface area contributed by atoms with Gasteiger partial charge in [-0.25, -0.2) is 0 Å². The number of benzene rings is 2. The number of hydrogen-bond acceptors (Lipinski definition) is 4. The lowest BCUT2D eigenvalue weighted by Crippen LogP contribution is -2.43. The first-order valence-electron chi connectivity index (χ1n) is 8.72. The Labute approximate surface area is 152 Å². The molecule has 6 heteroatoms. The van der Waals surface area contributed by atoms with Crippen molar-refractivity contribution < 1.29 is 19.1 Å². The van der Waals surface area contributed by atoms with E-state index in [-0.39, 0.29) is 6.61 Å². The number of amides is 2. The second kappa shape index (κ2) is 8.38. The van der Waals surface area contributed by atoms with Gasteiger partial charge in [0.25, 0.3) is 11.8 Å². The van der Waals surface area contributed by atoms with Crippen LogP contribution >= 0.6 is 0 Å². The second-order valence-corrected chi connectivity index (χ2v) is 6.03. The minimum Gasteiger partial charge on any atom is -0.494 e. The highest BCUT2D eigenvalue weighted by Gasteiger charge is 2.12. The maximum atomic E-state index is 12.0. The van der Waals surface area contributed by atoms with Crippen LogP contribution in [0.25, 0.3) is 0 Å². The topological polar surface area (TPSA) is 76.7 Å². The van der Waals surface area contributed by atoms with Crippen LogP contribution in [0.4, 0.5) is 0 Å². The van der Waals surface area contributed by atoms with E-state index >= 15 is 0 Å². The lowest BCUT2D eigenvalue weighted by molar-refractivity contribution is -0.123. The molecule has 3 rings (SSSR count). The summed E-state index contributed by atoms with van der Waals surface area (Å²) in [5.74, 6) is 0.526. The summed E-state index contributed by atoms with van der Waals surface area (Å²) in [6.07, 6.45) is 3.32. The van der Waals surface area contributed by atoms with Crippen LogP contribution in [-0.2, 0) is 17.6 Å². The van der Waals surface area contributed by atoms with Crippen LogP contribution in [0.15, 0.2) is 42.5 Å². The number of aryl methyl sites for hydroxylation is 2. The van der Waals surface area contributed by atoms with E-state index in [4.69, 9.17) is 9.47 Å². The van der Waals surface area contributed by atoms with Gasteiger partial charge in [-0.2, -0.15) is 0 Å². The Balaban J connectivity index is 1.44. The van der Waals surface area contributed by atoms with Crippen molar-refractivity contribution in [3.8, 4) is 11.5 Å². The van der Waals surface area contributed by atoms with Gasteiger partial charge in [0.15, 0.2) is 6.61 Å². The van der Waals surface area contributed by atoms with Crippen LogP contribution in [0, 0.1) is 0 Å². The fourth-order valence-corrected chi connectivity index (χ4v) is 2.89. The molecule has 6 nitrogen and oxygen atoms in total. The van der Waals surface area contributed by atoms with Gasteiger partial charge in [0.1, 0.15) is 11.5 Å². The maximum absolute atomic E-state index is 12.0. The van der Waals surface area contributed by atoms with Gasteiger partial charge in [0.2, 0.25) is 0 Å². The molecule has 136 valence electrons. The molecular formula is C20H22N2O4. The van der Waals surface area contributed by atoms with E-state index in [0.717, 1.165) is 19.3 Å². The van der Waals surface area contributed by atoms with Crippen LogP contribution in [-0.4, -0.2) is 25.0 Å². The van der Waals surface area contributed by atoms with Gasteiger partial charge in [-0.3, -0.25) is 20.4 Å². The molecule has 0 unspecified atom stereocenters. The average Bonchev–Trinajstić information content (AvgIpc) is 3.13. The highest BCUT2D eigenvalue weighted by Crippen LogP contribution is 2.25. The summed E-state index contributed by atoms with van der Waals surface area (Å²) in [4.78, 5) is 23.9. The smallest absolute Gasteiger partial charge is 0.276 e. The van der Waals surface area contributed by atoms with Crippen molar-refractivity contribution in [2.75, 3.05) is 13.2 Å². The van der Waals surface area contributed by atoms with Gasteiger partial charge in [-0.15, -0.1) is 0 Å². The number of carbonyl (C=O) groups excluding carboxylic acids is 2. The predicted octanol–water partition coefficient (Wildman–Crippen LogP) is 2.41. The first-order valence-corrected chi connectivity index (χ1v) is 8.72. The normalized spacial score (nSPS) is 12.2. The van der Waals surface area contributed by atoms with Crippen LogP contribution in [0.5, 0.6) is 11.5 Å².